The lowest BCUT2D eigenvalue weighted by Crippen LogP contribution is -3.05. The molecule has 0 aliphatic carbocycles. The van der Waals surface area contributed by atoms with Gasteiger partial charge < -0.3 is 4.90 Å². The SMILES string of the molecule is CC.CCCCCC[NH+](C)C. The number of quaternary nitrogens is 1. The average Bonchev–Trinajstić information content (AvgIpc) is 2.02. The van der Waals surface area contributed by atoms with Gasteiger partial charge in [0.1, 0.15) is 0 Å². The summed E-state index contributed by atoms with van der Waals surface area (Å²) >= 11 is 0. The molecule has 0 atom stereocenters. The van der Waals surface area contributed by atoms with Crippen molar-refractivity contribution in [1.29, 1.82) is 0 Å². The second kappa shape index (κ2) is 12.6. The zero-order valence-corrected chi connectivity index (χ0v) is 9.04. The van der Waals surface area contributed by atoms with E-state index in [1.165, 1.54) is 32.2 Å². The highest BCUT2D eigenvalue weighted by atomic mass is 15.0. The first-order valence-corrected chi connectivity index (χ1v) is 5.06. The van der Waals surface area contributed by atoms with E-state index in [-0.39, 0.29) is 0 Å². The Balaban J connectivity index is 0. The van der Waals surface area contributed by atoms with Crippen molar-refractivity contribution in [1.82, 2.24) is 0 Å². The maximum absolute atomic E-state index is 2.25. The molecule has 0 aromatic rings. The van der Waals surface area contributed by atoms with E-state index in [0.717, 1.165) is 0 Å². The van der Waals surface area contributed by atoms with Crippen molar-refractivity contribution in [2.24, 2.45) is 0 Å². The molecular formula is C10H26N+. The van der Waals surface area contributed by atoms with E-state index in [0.29, 0.717) is 0 Å². The Labute approximate surface area is 72.8 Å². The molecule has 0 amide bonds. The third-order valence-corrected chi connectivity index (χ3v) is 1.53. The summed E-state index contributed by atoms with van der Waals surface area (Å²) in [4.78, 5) is 1.58. The Kier molecular flexibility index (Phi) is 15.5. The van der Waals surface area contributed by atoms with Crippen LogP contribution in [0.25, 0.3) is 0 Å². The normalized spacial score (nSPS) is 9.27. The van der Waals surface area contributed by atoms with E-state index in [1.807, 2.05) is 13.8 Å². The predicted molar refractivity (Wildman–Crippen MR) is 53.2 cm³/mol. The Morgan fingerprint density at radius 1 is 0.909 bits per heavy atom. The van der Waals surface area contributed by atoms with E-state index < -0.39 is 0 Å². The molecule has 1 heteroatoms. The lowest BCUT2D eigenvalue weighted by molar-refractivity contribution is -0.858. The smallest absolute Gasteiger partial charge is 0.0766 e. The summed E-state index contributed by atoms with van der Waals surface area (Å²) in [5.41, 5.74) is 0. The number of unbranched alkanes of at least 4 members (excludes halogenated alkanes) is 3. The minimum atomic E-state index is 1.33. The molecule has 0 aromatic heterocycles. The van der Waals surface area contributed by atoms with Gasteiger partial charge in [-0.2, -0.15) is 0 Å². The molecule has 0 bridgehead atoms. The minimum Gasteiger partial charge on any atom is -0.340 e. The quantitative estimate of drug-likeness (QED) is 0.584. The summed E-state index contributed by atoms with van der Waals surface area (Å²) in [6, 6.07) is 0. The first-order valence-electron chi connectivity index (χ1n) is 5.06. The number of hydrogen-bond acceptors (Lipinski definition) is 0. The lowest BCUT2D eigenvalue weighted by Gasteiger charge is -2.05. The van der Waals surface area contributed by atoms with Gasteiger partial charge in [-0.3, -0.25) is 0 Å². The van der Waals surface area contributed by atoms with Crippen LogP contribution in [0.5, 0.6) is 0 Å². The molecule has 0 fully saturated rings. The van der Waals surface area contributed by atoms with Crippen molar-refractivity contribution in [2.45, 2.75) is 46.5 Å². The molecule has 0 rings (SSSR count). The summed E-state index contributed by atoms with van der Waals surface area (Å²) in [6.45, 7) is 7.59. The summed E-state index contributed by atoms with van der Waals surface area (Å²) < 4.78 is 0. The third-order valence-electron chi connectivity index (χ3n) is 1.53. The molecular weight excluding hydrogens is 134 g/mol. The summed E-state index contributed by atoms with van der Waals surface area (Å²) in [5, 5.41) is 0. The van der Waals surface area contributed by atoms with E-state index in [9.17, 15) is 0 Å². The molecule has 11 heavy (non-hydrogen) atoms. The summed E-state index contributed by atoms with van der Waals surface area (Å²) in [5.74, 6) is 0. The van der Waals surface area contributed by atoms with Gasteiger partial charge in [-0.15, -0.1) is 0 Å². The highest BCUT2D eigenvalue weighted by Gasteiger charge is 1.91. The Morgan fingerprint density at radius 2 is 1.45 bits per heavy atom. The second-order valence-corrected chi connectivity index (χ2v) is 3.02. The second-order valence-electron chi connectivity index (χ2n) is 3.02. The van der Waals surface area contributed by atoms with Crippen molar-refractivity contribution in [3.8, 4) is 0 Å². The maximum Gasteiger partial charge on any atom is 0.0766 e. The first-order chi connectivity index (χ1) is 5.27. The fourth-order valence-corrected chi connectivity index (χ4v) is 0.905. The largest absolute Gasteiger partial charge is 0.340 e. The zero-order chi connectivity index (χ0) is 9.11. The molecule has 0 aromatic carbocycles. The van der Waals surface area contributed by atoms with Gasteiger partial charge in [0.25, 0.3) is 0 Å². The lowest BCUT2D eigenvalue weighted by atomic mass is 10.2. The first kappa shape index (κ1) is 13.5. The monoisotopic (exact) mass is 160 g/mol. The van der Waals surface area contributed by atoms with Crippen LogP contribution in [-0.4, -0.2) is 20.6 Å². The van der Waals surface area contributed by atoms with Crippen LogP contribution in [0.15, 0.2) is 0 Å². The van der Waals surface area contributed by atoms with Crippen molar-refractivity contribution in [2.75, 3.05) is 20.6 Å². The Morgan fingerprint density at radius 3 is 1.82 bits per heavy atom. The fourth-order valence-electron chi connectivity index (χ4n) is 0.905. The van der Waals surface area contributed by atoms with Gasteiger partial charge in [0.15, 0.2) is 0 Å². The molecule has 0 saturated heterocycles. The van der Waals surface area contributed by atoms with Gasteiger partial charge in [-0.25, -0.2) is 0 Å². The third kappa shape index (κ3) is 17.8. The van der Waals surface area contributed by atoms with E-state index >= 15 is 0 Å². The maximum atomic E-state index is 2.25. The van der Waals surface area contributed by atoms with Crippen LogP contribution in [0.2, 0.25) is 0 Å². The number of hydrogen-bond donors (Lipinski definition) is 1. The van der Waals surface area contributed by atoms with Crippen LogP contribution in [-0.2, 0) is 0 Å². The molecule has 1 N–H and O–H groups in total. The van der Waals surface area contributed by atoms with Gasteiger partial charge >= 0.3 is 0 Å². The van der Waals surface area contributed by atoms with Crippen LogP contribution in [0, 0.1) is 0 Å². The summed E-state index contributed by atoms with van der Waals surface area (Å²) in [6.07, 6.45) is 5.58. The average molecular weight is 160 g/mol. The van der Waals surface area contributed by atoms with Crippen LogP contribution >= 0.6 is 0 Å². The van der Waals surface area contributed by atoms with Crippen molar-refractivity contribution >= 4 is 0 Å². The van der Waals surface area contributed by atoms with E-state index in [2.05, 4.69) is 21.0 Å². The van der Waals surface area contributed by atoms with Gasteiger partial charge in [-0.1, -0.05) is 33.6 Å². The number of rotatable bonds is 5. The molecule has 0 saturated carbocycles. The van der Waals surface area contributed by atoms with Gasteiger partial charge in [0.05, 0.1) is 20.6 Å². The predicted octanol–water partition coefficient (Wildman–Crippen LogP) is 1.74. The van der Waals surface area contributed by atoms with Crippen LogP contribution in [0.3, 0.4) is 0 Å². The minimum absolute atomic E-state index is 1.33. The molecule has 70 valence electrons. The van der Waals surface area contributed by atoms with Gasteiger partial charge in [0, 0.05) is 0 Å². The molecule has 0 radical (unpaired) electrons. The molecule has 0 unspecified atom stereocenters. The topological polar surface area (TPSA) is 4.44 Å². The van der Waals surface area contributed by atoms with Gasteiger partial charge in [-0.05, 0) is 12.8 Å². The Hall–Kier alpha value is -0.0400. The van der Waals surface area contributed by atoms with Crippen molar-refractivity contribution < 1.29 is 4.90 Å². The molecule has 1 nitrogen and oxygen atoms in total. The zero-order valence-electron chi connectivity index (χ0n) is 9.04. The molecule has 0 aliphatic rings. The van der Waals surface area contributed by atoms with Crippen LogP contribution < -0.4 is 4.90 Å². The van der Waals surface area contributed by atoms with Crippen LogP contribution in [0.4, 0.5) is 0 Å². The standard InChI is InChI=1S/C8H19N.C2H6/c1-4-5-6-7-8-9(2)3;1-2/h4-8H2,1-3H3;1-2H3/p+1. The fraction of sp³-hybridized carbons (Fsp3) is 1.00. The number of nitrogens with one attached hydrogen (secondary N) is 1. The Bertz CT molecular complexity index is 50.8. The molecule has 0 heterocycles. The van der Waals surface area contributed by atoms with Gasteiger partial charge in [0.2, 0.25) is 0 Å². The highest BCUT2D eigenvalue weighted by Crippen LogP contribution is 1.95. The summed E-state index contributed by atoms with van der Waals surface area (Å²) in [7, 11) is 4.43. The van der Waals surface area contributed by atoms with E-state index in [4.69, 9.17) is 0 Å². The van der Waals surface area contributed by atoms with E-state index in [1.54, 1.807) is 4.90 Å². The highest BCUT2D eigenvalue weighted by molar-refractivity contribution is 4.36. The van der Waals surface area contributed by atoms with Crippen molar-refractivity contribution in [3.63, 3.8) is 0 Å². The van der Waals surface area contributed by atoms with Crippen LogP contribution in [0.1, 0.15) is 46.5 Å². The van der Waals surface area contributed by atoms with Crippen molar-refractivity contribution in [3.05, 3.63) is 0 Å². The molecule has 0 spiro atoms. The molecule has 0 aliphatic heterocycles.